The van der Waals surface area contributed by atoms with E-state index in [1.165, 1.54) is 17.2 Å². The number of nitrogens with zero attached hydrogens (tertiary/aromatic N) is 2. The Kier molecular flexibility index (Phi) is 2.55. The van der Waals surface area contributed by atoms with Crippen LogP contribution >= 0.6 is 0 Å². The molecule has 1 N–H and O–H groups in total. The molecule has 1 aromatic heterocycles. The Bertz CT molecular complexity index is 449. The predicted molar refractivity (Wildman–Crippen MR) is 54.2 cm³/mol. The summed E-state index contributed by atoms with van der Waals surface area (Å²) in [6.45, 7) is 1.69. The molecule has 1 atom stereocenters. The van der Waals surface area contributed by atoms with E-state index in [0.717, 1.165) is 0 Å². The summed E-state index contributed by atoms with van der Waals surface area (Å²) < 4.78 is 12.9. The molecule has 1 unspecified atom stereocenters. The lowest BCUT2D eigenvalue weighted by molar-refractivity contribution is -0.132. The number of halogens is 1. The van der Waals surface area contributed by atoms with Gasteiger partial charge in [-0.15, -0.1) is 0 Å². The molecule has 5 nitrogen and oxygen atoms in total. The van der Waals surface area contributed by atoms with E-state index in [4.69, 9.17) is 0 Å². The Hall–Kier alpha value is -1.98. The Morgan fingerprint density at radius 3 is 3.00 bits per heavy atom. The van der Waals surface area contributed by atoms with Crippen molar-refractivity contribution in [3.8, 4) is 0 Å². The average molecular weight is 223 g/mol. The zero-order chi connectivity index (χ0) is 11.7. The molecule has 16 heavy (non-hydrogen) atoms. The maximum atomic E-state index is 12.9. The summed E-state index contributed by atoms with van der Waals surface area (Å²) in [6, 6.07) is 2.26. The Morgan fingerprint density at radius 1 is 1.56 bits per heavy atom. The number of amides is 2. The molecule has 0 radical (unpaired) electrons. The Morgan fingerprint density at radius 2 is 2.31 bits per heavy atom. The zero-order valence-corrected chi connectivity index (χ0v) is 8.61. The summed E-state index contributed by atoms with van der Waals surface area (Å²) >= 11 is 0. The van der Waals surface area contributed by atoms with Crippen LogP contribution in [-0.2, 0) is 9.59 Å². The van der Waals surface area contributed by atoms with Crippen molar-refractivity contribution in [2.75, 3.05) is 11.4 Å². The van der Waals surface area contributed by atoms with Crippen molar-refractivity contribution in [2.45, 2.75) is 13.0 Å². The first-order valence-corrected chi connectivity index (χ1v) is 4.80. The van der Waals surface area contributed by atoms with Gasteiger partial charge >= 0.3 is 0 Å². The number of nitrogens with one attached hydrogen (secondary N) is 1. The van der Waals surface area contributed by atoms with Gasteiger partial charge in [-0.3, -0.25) is 14.9 Å². The van der Waals surface area contributed by atoms with Gasteiger partial charge in [0.25, 0.3) is 0 Å². The maximum absolute atomic E-state index is 12.9. The highest BCUT2D eigenvalue weighted by Crippen LogP contribution is 2.18. The van der Waals surface area contributed by atoms with Crippen LogP contribution in [0.15, 0.2) is 18.3 Å². The highest BCUT2D eigenvalue weighted by atomic mass is 19.1. The van der Waals surface area contributed by atoms with Gasteiger partial charge in [-0.1, -0.05) is 0 Å². The van der Waals surface area contributed by atoms with Gasteiger partial charge in [-0.25, -0.2) is 4.98 Å². The van der Waals surface area contributed by atoms with Crippen molar-refractivity contribution in [1.29, 1.82) is 0 Å². The van der Waals surface area contributed by atoms with E-state index < -0.39 is 12.0 Å². The van der Waals surface area contributed by atoms with Crippen molar-refractivity contribution in [2.24, 2.45) is 0 Å². The second kappa shape index (κ2) is 3.88. The number of hydrogen-bond acceptors (Lipinski definition) is 4. The smallest absolute Gasteiger partial charge is 0.249 e. The monoisotopic (exact) mass is 223 g/mol. The first kappa shape index (κ1) is 10.5. The van der Waals surface area contributed by atoms with Crippen LogP contribution in [-0.4, -0.2) is 29.4 Å². The van der Waals surface area contributed by atoms with Gasteiger partial charge in [0.1, 0.15) is 6.04 Å². The number of pyridine rings is 1. The van der Waals surface area contributed by atoms with Crippen LogP contribution in [0.4, 0.5) is 10.1 Å². The summed E-state index contributed by atoms with van der Waals surface area (Å²) in [7, 11) is 0. The van der Waals surface area contributed by atoms with E-state index in [1.807, 2.05) is 0 Å². The molecule has 1 aliphatic heterocycles. The van der Waals surface area contributed by atoms with Crippen LogP contribution < -0.4 is 10.2 Å². The molecule has 0 spiro atoms. The van der Waals surface area contributed by atoms with Crippen molar-refractivity contribution in [1.82, 2.24) is 10.3 Å². The Labute approximate surface area is 91.3 Å². The fourth-order valence-electron chi connectivity index (χ4n) is 1.60. The van der Waals surface area contributed by atoms with Crippen molar-refractivity contribution in [3.05, 3.63) is 24.3 Å². The van der Waals surface area contributed by atoms with E-state index in [1.54, 1.807) is 13.0 Å². The van der Waals surface area contributed by atoms with Gasteiger partial charge in [-0.2, -0.15) is 4.39 Å². The molecule has 0 aliphatic carbocycles. The minimum atomic E-state index is -0.636. The third kappa shape index (κ3) is 1.86. The molecule has 0 saturated carbocycles. The van der Waals surface area contributed by atoms with E-state index in [-0.39, 0.29) is 18.4 Å². The summed E-state index contributed by atoms with van der Waals surface area (Å²) in [5, 5.41) is 2.21. The predicted octanol–water partition coefficient (Wildman–Crippen LogP) is 0.0720. The van der Waals surface area contributed by atoms with Gasteiger partial charge in [0, 0.05) is 18.0 Å². The highest BCUT2D eigenvalue weighted by Gasteiger charge is 2.30. The minimum absolute atomic E-state index is 0.0381. The first-order valence-electron chi connectivity index (χ1n) is 4.80. The number of carbonyl (C=O) groups excluding carboxylic acids is 2. The van der Waals surface area contributed by atoms with Gasteiger partial charge in [0.05, 0.1) is 6.54 Å². The van der Waals surface area contributed by atoms with Crippen molar-refractivity contribution >= 4 is 17.5 Å². The quantitative estimate of drug-likeness (QED) is 0.540. The summed E-state index contributed by atoms with van der Waals surface area (Å²) in [5.41, 5.74) is 0.475. The summed E-state index contributed by atoms with van der Waals surface area (Å²) in [4.78, 5) is 27.5. The molecular formula is C10H10FN3O2. The van der Waals surface area contributed by atoms with E-state index in [0.29, 0.717) is 5.69 Å². The lowest BCUT2D eigenvalue weighted by Gasteiger charge is -2.33. The van der Waals surface area contributed by atoms with Gasteiger partial charge < -0.3 is 4.90 Å². The highest BCUT2D eigenvalue weighted by molar-refractivity contribution is 6.04. The molecule has 0 aromatic carbocycles. The number of piperazine rings is 1. The molecule has 6 heteroatoms. The molecule has 1 fully saturated rings. The molecule has 0 bridgehead atoms. The fourth-order valence-corrected chi connectivity index (χ4v) is 1.60. The van der Waals surface area contributed by atoms with Crippen molar-refractivity contribution < 1.29 is 14.0 Å². The Balaban J connectivity index is 2.32. The number of anilines is 1. The summed E-state index contributed by atoms with van der Waals surface area (Å²) in [5.74, 6) is -1.41. The molecule has 2 rings (SSSR count). The summed E-state index contributed by atoms with van der Waals surface area (Å²) in [6.07, 6.45) is 1.30. The standard InChI is InChI=1S/C10H10FN3O2/c1-6-10(16)13-9(15)5-14(6)7-2-3-12-8(11)4-7/h2-4,6H,5H2,1H3,(H,13,15,16). The van der Waals surface area contributed by atoms with E-state index in [2.05, 4.69) is 10.3 Å². The number of hydrogen-bond donors (Lipinski definition) is 1. The maximum Gasteiger partial charge on any atom is 0.249 e. The second-order valence-electron chi connectivity index (χ2n) is 3.55. The van der Waals surface area contributed by atoms with Crippen LogP contribution in [0.2, 0.25) is 0 Å². The zero-order valence-electron chi connectivity index (χ0n) is 8.61. The molecule has 2 amide bonds. The van der Waals surface area contributed by atoms with Gasteiger partial charge in [0.2, 0.25) is 17.8 Å². The SMILES string of the molecule is CC1C(=O)NC(=O)CN1c1ccnc(F)c1. The van der Waals surface area contributed by atoms with E-state index in [9.17, 15) is 14.0 Å². The minimum Gasteiger partial charge on any atom is -0.350 e. The fraction of sp³-hybridized carbons (Fsp3) is 0.300. The normalized spacial score (nSPS) is 20.9. The first-order chi connectivity index (χ1) is 7.58. The van der Waals surface area contributed by atoms with Crippen LogP contribution in [0, 0.1) is 5.95 Å². The third-order valence-corrected chi connectivity index (χ3v) is 2.47. The molecule has 1 aliphatic rings. The molecule has 1 aromatic rings. The van der Waals surface area contributed by atoms with Gasteiger partial charge in [0.15, 0.2) is 0 Å². The topological polar surface area (TPSA) is 62.3 Å². The van der Waals surface area contributed by atoms with Crippen molar-refractivity contribution in [3.63, 3.8) is 0 Å². The second-order valence-corrected chi connectivity index (χ2v) is 3.55. The van der Waals surface area contributed by atoms with Gasteiger partial charge in [-0.05, 0) is 13.0 Å². The number of imide groups is 1. The number of aromatic nitrogens is 1. The molecule has 2 heterocycles. The van der Waals surface area contributed by atoms with Crippen LogP contribution in [0.3, 0.4) is 0 Å². The molecule has 84 valence electrons. The largest absolute Gasteiger partial charge is 0.350 e. The number of rotatable bonds is 1. The average Bonchev–Trinajstić information content (AvgIpc) is 2.23. The third-order valence-electron chi connectivity index (χ3n) is 2.47. The molecular weight excluding hydrogens is 213 g/mol. The van der Waals surface area contributed by atoms with Crippen LogP contribution in [0.5, 0.6) is 0 Å². The van der Waals surface area contributed by atoms with Crippen LogP contribution in [0.1, 0.15) is 6.92 Å². The number of carbonyl (C=O) groups is 2. The van der Waals surface area contributed by atoms with Crippen LogP contribution in [0.25, 0.3) is 0 Å². The lowest BCUT2D eigenvalue weighted by atomic mass is 10.2. The van der Waals surface area contributed by atoms with E-state index >= 15 is 0 Å². The molecule has 1 saturated heterocycles. The lowest BCUT2D eigenvalue weighted by Crippen LogP contribution is -2.57.